The first-order valence-corrected chi connectivity index (χ1v) is 6.78. The highest BCUT2D eigenvalue weighted by Gasteiger charge is 2.42. The molecule has 6 heteroatoms. The van der Waals surface area contributed by atoms with Crippen molar-refractivity contribution in [3.05, 3.63) is 23.8 Å². The largest absolute Gasteiger partial charge is 0.486 e. The molecule has 0 spiro atoms. The summed E-state index contributed by atoms with van der Waals surface area (Å²) in [5.41, 5.74) is -0.994. The molecule has 1 aromatic rings. The molecule has 1 heterocycles. The third-order valence-corrected chi connectivity index (χ3v) is 3.71. The van der Waals surface area contributed by atoms with Crippen molar-refractivity contribution in [3.8, 4) is 11.5 Å². The summed E-state index contributed by atoms with van der Waals surface area (Å²) in [7, 11) is 0. The van der Waals surface area contributed by atoms with Crippen LogP contribution in [0.15, 0.2) is 18.2 Å². The first-order chi connectivity index (χ1) is 9.91. The minimum atomic E-state index is -1.47. The number of nitrogens with zero attached hydrogens (tertiary/aromatic N) is 1. The number of amides is 1. The molecular formula is C15H19NO5. The zero-order valence-electron chi connectivity index (χ0n) is 12.3. The van der Waals surface area contributed by atoms with Gasteiger partial charge in [0.1, 0.15) is 13.2 Å². The van der Waals surface area contributed by atoms with E-state index < -0.39 is 11.5 Å². The normalized spacial score (nSPS) is 16.2. The van der Waals surface area contributed by atoms with Crippen LogP contribution in [-0.4, -0.2) is 41.6 Å². The highest BCUT2D eigenvalue weighted by atomic mass is 16.6. The van der Waals surface area contributed by atoms with Crippen molar-refractivity contribution < 1.29 is 24.2 Å². The summed E-state index contributed by atoms with van der Waals surface area (Å²) < 4.78 is 10.9. The quantitative estimate of drug-likeness (QED) is 0.835. The zero-order chi connectivity index (χ0) is 15.6. The lowest BCUT2D eigenvalue weighted by Gasteiger charge is -2.38. The molecule has 0 saturated heterocycles. The number of hydrogen-bond donors (Lipinski definition) is 1. The van der Waals surface area contributed by atoms with Gasteiger partial charge in [0.15, 0.2) is 17.0 Å². The van der Waals surface area contributed by atoms with E-state index in [1.165, 1.54) is 11.8 Å². The molecule has 0 fully saturated rings. The SMILES string of the molecule is CC(C)N(C=O)C(C)(C(=O)O)c1ccc2c(c1)OCCO2. The Bertz CT molecular complexity index is 557. The van der Waals surface area contributed by atoms with Gasteiger partial charge in [-0.25, -0.2) is 4.79 Å². The summed E-state index contributed by atoms with van der Waals surface area (Å²) in [4.78, 5) is 24.5. The number of benzene rings is 1. The highest BCUT2D eigenvalue weighted by molar-refractivity contribution is 5.83. The summed E-state index contributed by atoms with van der Waals surface area (Å²) >= 11 is 0. The average molecular weight is 293 g/mol. The van der Waals surface area contributed by atoms with Gasteiger partial charge >= 0.3 is 5.97 Å². The highest BCUT2D eigenvalue weighted by Crippen LogP contribution is 2.37. The second-order valence-corrected chi connectivity index (χ2v) is 5.34. The molecule has 114 valence electrons. The first kappa shape index (κ1) is 15.2. The number of fused-ring (bicyclic) bond motifs is 1. The Morgan fingerprint density at radius 2 is 1.95 bits per heavy atom. The van der Waals surface area contributed by atoms with Crippen LogP contribution in [0.5, 0.6) is 11.5 Å². The van der Waals surface area contributed by atoms with E-state index in [4.69, 9.17) is 9.47 Å². The molecule has 0 aliphatic carbocycles. The number of ether oxygens (including phenoxy) is 2. The van der Waals surface area contributed by atoms with E-state index in [1.54, 1.807) is 32.0 Å². The van der Waals surface area contributed by atoms with Crippen LogP contribution in [0.2, 0.25) is 0 Å². The first-order valence-electron chi connectivity index (χ1n) is 6.78. The van der Waals surface area contributed by atoms with Gasteiger partial charge in [0, 0.05) is 6.04 Å². The molecule has 1 amide bonds. The molecule has 0 bridgehead atoms. The van der Waals surface area contributed by atoms with Crippen LogP contribution in [0, 0.1) is 0 Å². The molecule has 1 aliphatic rings. The van der Waals surface area contributed by atoms with Gasteiger partial charge in [0.2, 0.25) is 6.41 Å². The van der Waals surface area contributed by atoms with Gasteiger partial charge in [-0.2, -0.15) is 0 Å². The maximum absolute atomic E-state index is 11.8. The number of hydrogen-bond acceptors (Lipinski definition) is 4. The zero-order valence-corrected chi connectivity index (χ0v) is 12.3. The van der Waals surface area contributed by atoms with Crippen molar-refractivity contribution in [1.82, 2.24) is 4.90 Å². The van der Waals surface area contributed by atoms with Crippen LogP contribution in [-0.2, 0) is 15.1 Å². The van der Waals surface area contributed by atoms with Crippen LogP contribution < -0.4 is 9.47 Å². The predicted molar refractivity (Wildman–Crippen MR) is 75.5 cm³/mol. The average Bonchev–Trinajstić information content (AvgIpc) is 2.46. The number of carboxylic acid groups (broad SMARTS) is 1. The van der Waals surface area contributed by atoms with Gasteiger partial charge < -0.3 is 19.5 Å². The van der Waals surface area contributed by atoms with Crippen LogP contribution in [0.25, 0.3) is 0 Å². The van der Waals surface area contributed by atoms with E-state index in [9.17, 15) is 14.7 Å². The lowest BCUT2D eigenvalue weighted by atomic mass is 9.89. The molecule has 0 saturated carbocycles. The minimum Gasteiger partial charge on any atom is -0.486 e. The van der Waals surface area contributed by atoms with E-state index in [0.29, 0.717) is 36.7 Å². The van der Waals surface area contributed by atoms with E-state index in [1.807, 2.05) is 0 Å². The third kappa shape index (κ3) is 2.53. The molecule has 0 radical (unpaired) electrons. The molecule has 2 rings (SSSR count). The lowest BCUT2D eigenvalue weighted by molar-refractivity contribution is -0.156. The van der Waals surface area contributed by atoms with Gasteiger partial charge in [0.05, 0.1) is 0 Å². The second-order valence-electron chi connectivity index (χ2n) is 5.34. The molecule has 1 aliphatic heterocycles. The fourth-order valence-corrected chi connectivity index (χ4v) is 2.47. The Labute approximate surface area is 123 Å². The minimum absolute atomic E-state index is 0.253. The maximum Gasteiger partial charge on any atom is 0.334 e. The monoisotopic (exact) mass is 293 g/mol. The Hall–Kier alpha value is -2.24. The summed E-state index contributed by atoms with van der Waals surface area (Å²) in [5.74, 6) is -0.0132. The molecule has 1 atom stereocenters. The Morgan fingerprint density at radius 3 is 2.48 bits per heavy atom. The van der Waals surface area contributed by atoms with E-state index in [-0.39, 0.29) is 6.04 Å². The molecule has 0 aromatic heterocycles. The van der Waals surface area contributed by atoms with Gasteiger partial charge in [0.25, 0.3) is 0 Å². The number of rotatable bonds is 5. The van der Waals surface area contributed by atoms with E-state index in [2.05, 4.69) is 0 Å². The lowest BCUT2D eigenvalue weighted by Crippen LogP contribution is -2.52. The van der Waals surface area contributed by atoms with Gasteiger partial charge in [-0.1, -0.05) is 6.07 Å². The Morgan fingerprint density at radius 1 is 1.33 bits per heavy atom. The fraction of sp³-hybridized carbons (Fsp3) is 0.467. The topological polar surface area (TPSA) is 76.1 Å². The fourth-order valence-electron chi connectivity index (χ4n) is 2.47. The van der Waals surface area contributed by atoms with Crippen molar-refractivity contribution in [1.29, 1.82) is 0 Å². The van der Waals surface area contributed by atoms with Gasteiger partial charge in [-0.3, -0.25) is 4.79 Å². The number of carbonyl (C=O) groups is 2. The third-order valence-electron chi connectivity index (χ3n) is 3.71. The van der Waals surface area contributed by atoms with Crippen LogP contribution in [0.4, 0.5) is 0 Å². The Balaban J connectivity index is 2.52. The molecule has 1 aromatic carbocycles. The van der Waals surface area contributed by atoms with Crippen LogP contribution in [0.3, 0.4) is 0 Å². The number of aliphatic carboxylic acids is 1. The summed E-state index contributed by atoms with van der Waals surface area (Å²) in [6.45, 7) is 5.94. The second kappa shape index (κ2) is 5.63. The van der Waals surface area contributed by atoms with E-state index in [0.717, 1.165) is 0 Å². The van der Waals surface area contributed by atoms with Crippen molar-refractivity contribution in [2.45, 2.75) is 32.4 Å². The van der Waals surface area contributed by atoms with E-state index >= 15 is 0 Å². The standard InChI is InChI=1S/C15H19NO5/c1-10(2)16(9-17)15(3,14(18)19)11-4-5-12-13(8-11)21-7-6-20-12/h4-5,8-10H,6-7H2,1-3H3,(H,18,19). The molecule has 6 nitrogen and oxygen atoms in total. The van der Waals surface area contributed by atoms with Gasteiger partial charge in [-0.05, 0) is 38.5 Å². The predicted octanol–water partition coefficient (Wildman–Crippen LogP) is 1.62. The number of carboxylic acids is 1. The molecular weight excluding hydrogens is 274 g/mol. The molecule has 1 N–H and O–H groups in total. The van der Waals surface area contributed by atoms with Crippen molar-refractivity contribution in [2.24, 2.45) is 0 Å². The smallest absolute Gasteiger partial charge is 0.334 e. The van der Waals surface area contributed by atoms with Gasteiger partial charge in [-0.15, -0.1) is 0 Å². The van der Waals surface area contributed by atoms with Crippen LogP contribution >= 0.6 is 0 Å². The maximum atomic E-state index is 11.8. The Kier molecular flexibility index (Phi) is 4.06. The summed E-state index contributed by atoms with van der Waals surface area (Å²) in [5, 5.41) is 9.67. The van der Waals surface area contributed by atoms with Crippen LogP contribution in [0.1, 0.15) is 26.3 Å². The number of carbonyl (C=O) groups excluding carboxylic acids is 1. The summed E-state index contributed by atoms with van der Waals surface area (Å²) in [6.07, 6.45) is 0.565. The van der Waals surface area contributed by atoms with Crippen molar-refractivity contribution >= 4 is 12.4 Å². The van der Waals surface area contributed by atoms with Crippen molar-refractivity contribution in [3.63, 3.8) is 0 Å². The molecule has 21 heavy (non-hydrogen) atoms. The summed E-state index contributed by atoms with van der Waals surface area (Å²) in [6, 6.07) is 4.70. The molecule has 1 unspecified atom stereocenters. The van der Waals surface area contributed by atoms with Crippen molar-refractivity contribution in [2.75, 3.05) is 13.2 Å².